The van der Waals surface area contributed by atoms with Gasteiger partial charge in [-0.3, -0.25) is 4.79 Å². The molecule has 178 valence electrons. The monoisotopic (exact) mass is 464 g/mol. The van der Waals surface area contributed by atoms with E-state index in [1.807, 2.05) is 35.2 Å². The SMILES string of the molecule is C[C@@H]1CN(C(=O)c2ccccc2)CCN1c1nnc(-c2ccc(C(C)(C)C)cc2)c2ccccc12. The van der Waals surface area contributed by atoms with E-state index < -0.39 is 0 Å². The fourth-order valence-electron chi connectivity index (χ4n) is 4.86. The first-order valence-corrected chi connectivity index (χ1v) is 12.3. The molecule has 5 heteroatoms. The van der Waals surface area contributed by atoms with Crippen LogP contribution in [0.3, 0.4) is 0 Å². The van der Waals surface area contributed by atoms with Gasteiger partial charge in [-0.2, -0.15) is 0 Å². The molecule has 0 unspecified atom stereocenters. The number of carbonyl (C=O) groups is 1. The number of rotatable bonds is 3. The minimum atomic E-state index is 0.0853. The minimum absolute atomic E-state index is 0.0853. The second-order valence-corrected chi connectivity index (χ2v) is 10.4. The number of carbonyl (C=O) groups excluding carboxylic acids is 1. The van der Waals surface area contributed by atoms with Gasteiger partial charge in [0, 0.05) is 47.6 Å². The maximum Gasteiger partial charge on any atom is 0.253 e. The highest BCUT2D eigenvalue weighted by molar-refractivity contribution is 6.00. The molecule has 4 aromatic rings. The maximum atomic E-state index is 13.0. The molecule has 1 saturated heterocycles. The molecule has 5 nitrogen and oxygen atoms in total. The standard InChI is InChI=1S/C30H32N4O/c1-21-20-33(29(35)23-10-6-5-7-11-23)18-19-34(21)28-26-13-9-8-12-25(26)27(31-32-28)22-14-16-24(17-15-22)30(2,3)4/h5-17,21H,18-20H2,1-4H3/t21-/m1/s1. The van der Waals surface area contributed by atoms with Crippen LogP contribution in [-0.2, 0) is 5.41 Å². The van der Waals surface area contributed by atoms with Crippen LogP contribution < -0.4 is 4.90 Å². The third-order valence-electron chi connectivity index (χ3n) is 6.90. The van der Waals surface area contributed by atoms with Crippen LogP contribution in [0.4, 0.5) is 5.82 Å². The second-order valence-electron chi connectivity index (χ2n) is 10.4. The smallest absolute Gasteiger partial charge is 0.253 e. The summed E-state index contributed by atoms with van der Waals surface area (Å²) in [6, 6.07) is 26.7. The van der Waals surface area contributed by atoms with Crippen molar-refractivity contribution < 1.29 is 4.79 Å². The lowest BCUT2D eigenvalue weighted by molar-refractivity contribution is 0.0726. The van der Waals surface area contributed by atoms with Gasteiger partial charge in [-0.1, -0.05) is 87.5 Å². The summed E-state index contributed by atoms with van der Waals surface area (Å²) in [7, 11) is 0. The Morgan fingerprint density at radius 3 is 2.14 bits per heavy atom. The summed E-state index contributed by atoms with van der Waals surface area (Å²) < 4.78 is 0. The third kappa shape index (κ3) is 4.51. The fourth-order valence-corrected chi connectivity index (χ4v) is 4.86. The van der Waals surface area contributed by atoms with Crippen LogP contribution in [0.2, 0.25) is 0 Å². The first-order valence-electron chi connectivity index (χ1n) is 12.3. The van der Waals surface area contributed by atoms with Crippen molar-refractivity contribution in [1.29, 1.82) is 0 Å². The number of aromatic nitrogens is 2. The molecule has 1 fully saturated rings. The molecular formula is C30H32N4O. The lowest BCUT2D eigenvalue weighted by Crippen LogP contribution is -2.54. The summed E-state index contributed by atoms with van der Waals surface area (Å²) in [5, 5.41) is 11.6. The highest BCUT2D eigenvalue weighted by Crippen LogP contribution is 2.34. The molecule has 0 aliphatic carbocycles. The van der Waals surface area contributed by atoms with Crippen molar-refractivity contribution in [1.82, 2.24) is 15.1 Å². The number of benzene rings is 3. The van der Waals surface area contributed by atoms with Crippen LogP contribution in [-0.4, -0.2) is 46.7 Å². The zero-order chi connectivity index (χ0) is 24.6. The van der Waals surface area contributed by atoms with Crippen molar-refractivity contribution in [2.45, 2.75) is 39.2 Å². The van der Waals surface area contributed by atoms with Gasteiger partial charge in [-0.15, -0.1) is 10.2 Å². The molecule has 0 saturated carbocycles. The van der Waals surface area contributed by atoms with E-state index in [1.165, 1.54) is 5.56 Å². The van der Waals surface area contributed by atoms with E-state index in [4.69, 9.17) is 10.2 Å². The molecule has 2 heterocycles. The van der Waals surface area contributed by atoms with Gasteiger partial charge in [-0.25, -0.2) is 0 Å². The predicted octanol–water partition coefficient (Wildman–Crippen LogP) is 5.95. The van der Waals surface area contributed by atoms with E-state index in [2.05, 4.69) is 81.1 Å². The molecule has 5 rings (SSSR count). The molecule has 1 amide bonds. The predicted molar refractivity (Wildman–Crippen MR) is 143 cm³/mol. The Labute approximate surface area is 207 Å². The van der Waals surface area contributed by atoms with Gasteiger partial charge in [0.25, 0.3) is 5.91 Å². The Balaban J connectivity index is 1.44. The topological polar surface area (TPSA) is 49.3 Å². The van der Waals surface area contributed by atoms with Crippen LogP contribution in [0.25, 0.3) is 22.0 Å². The van der Waals surface area contributed by atoms with Crippen molar-refractivity contribution in [3.8, 4) is 11.3 Å². The van der Waals surface area contributed by atoms with E-state index in [-0.39, 0.29) is 17.4 Å². The van der Waals surface area contributed by atoms with E-state index in [0.29, 0.717) is 13.1 Å². The lowest BCUT2D eigenvalue weighted by atomic mass is 9.86. The summed E-state index contributed by atoms with van der Waals surface area (Å²) in [6.45, 7) is 10.9. The molecule has 1 aromatic heterocycles. The maximum absolute atomic E-state index is 13.0. The van der Waals surface area contributed by atoms with Crippen LogP contribution in [0.1, 0.15) is 43.6 Å². The van der Waals surface area contributed by atoms with Crippen molar-refractivity contribution >= 4 is 22.5 Å². The molecule has 35 heavy (non-hydrogen) atoms. The number of nitrogens with zero attached hydrogens (tertiary/aromatic N) is 4. The first-order chi connectivity index (χ1) is 16.8. The Kier molecular flexibility index (Phi) is 6.01. The van der Waals surface area contributed by atoms with Gasteiger partial charge in [0.15, 0.2) is 5.82 Å². The van der Waals surface area contributed by atoms with E-state index >= 15 is 0 Å². The Bertz CT molecular complexity index is 1340. The molecule has 1 atom stereocenters. The molecular weight excluding hydrogens is 432 g/mol. The number of hydrogen-bond donors (Lipinski definition) is 0. The van der Waals surface area contributed by atoms with E-state index in [1.54, 1.807) is 0 Å². The van der Waals surface area contributed by atoms with Gasteiger partial charge in [0.2, 0.25) is 0 Å². The van der Waals surface area contributed by atoms with E-state index in [0.717, 1.165) is 40.0 Å². The van der Waals surface area contributed by atoms with Gasteiger partial charge in [0.05, 0.1) is 0 Å². The lowest BCUT2D eigenvalue weighted by Gasteiger charge is -2.40. The van der Waals surface area contributed by atoms with Crippen LogP contribution in [0.5, 0.6) is 0 Å². The summed E-state index contributed by atoms with van der Waals surface area (Å²) in [5.74, 6) is 0.970. The Morgan fingerprint density at radius 1 is 0.829 bits per heavy atom. The normalized spacial score (nSPS) is 16.5. The van der Waals surface area contributed by atoms with Gasteiger partial charge >= 0.3 is 0 Å². The third-order valence-corrected chi connectivity index (χ3v) is 6.90. The number of anilines is 1. The molecule has 0 spiro atoms. The van der Waals surface area contributed by atoms with Gasteiger partial charge in [-0.05, 0) is 30.0 Å². The first kappa shape index (κ1) is 23.0. The average molecular weight is 465 g/mol. The molecule has 0 bridgehead atoms. The average Bonchev–Trinajstić information content (AvgIpc) is 2.88. The molecule has 1 aliphatic heterocycles. The quantitative estimate of drug-likeness (QED) is 0.376. The van der Waals surface area contributed by atoms with E-state index in [9.17, 15) is 4.79 Å². The molecule has 0 radical (unpaired) electrons. The highest BCUT2D eigenvalue weighted by atomic mass is 16.2. The Morgan fingerprint density at radius 2 is 1.49 bits per heavy atom. The van der Waals surface area contributed by atoms with Crippen molar-refractivity contribution in [3.63, 3.8) is 0 Å². The van der Waals surface area contributed by atoms with Crippen molar-refractivity contribution in [2.75, 3.05) is 24.5 Å². The highest BCUT2D eigenvalue weighted by Gasteiger charge is 2.29. The van der Waals surface area contributed by atoms with Gasteiger partial charge in [0.1, 0.15) is 5.69 Å². The Hall–Kier alpha value is -3.73. The number of fused-ring (bicyclic) bond motifs is 1. The summed E-state index contributed by atoms with van der Waals surface area (Å²) >= 11 is 0. The number of amides is 1. The summed E-state index contributed by atoms with van der Waals surface area (Å²) in [5.41, 5.74) is 4.11. The largest absolute Gasteiger partial charge is 0.348 e. The van der Waals surface area contributed by atoms with Crippen molar-refractivity contribution in [3.05, 3.63) is 90.0 Å². The fraction of sp³-hybridized carbons (Fsp3) is 0.300. The van der Waals surface area contributed by atoms with Crippen LogP contribution in [0.15, 0.2) is 78.9 Å². The molecule has 0 N–H and O–H groups in total. The van der Waals surface area contributed by atoms with Crippen molar-refractivity contribution in [2.24, 2.45) is 0 Å². The molecule has 3 aromatic carbocycles. The zero-order valence-electron chi connectivity index (χ0n) is 20.9. The zero-order valence-corrected chi connectivity index (χ0v) is 20.9. The summed E-state index contributed by atoms with van der Waals surface area (Å²) in [6.07, 6.45) is 0. The second kappa shape index (κ2) is 9.14. The van der Waals surface area contributed by atoms with Crippen LogP contribution in [0, 0.1) is 0 Å². The number of piperazine rings is 1. The molecule has 1 aliphatic rings. The van der Waals surface area contributed by atoms with Crippen LogP contribution >= 0.6 is 0 Å². The van der Waals surface area contributed by atoms with Gasteiger partial charge < -0.3 is 9.80 Å². The summed E-state index contributed by atoms with van der Waals surface area (Å²) in [4.78, 5) is 17.2. The minimum Gasteiger partial charge on any atom is -0.348 e. The number of hydrogen-bond acceptors (Lipinski definition) is 4.